The van der Waals surface area contributed by atoms with Crippen molar-refractivity contribution in [2.24, 2.45) is 0 Å². The summed E-state index contributed by atoms with van der Waals surface area (Å²) in [7, 11) is 1.42. The molecule has 0 bridgehead atoms. The van der Waals surface area contributed by atoms with Gasteiger partial charge < -0.3 is 5.11 Å². The SMILES string of the molecule is C#CC(=O)N(C)c1snc(C)c1C(=O)O. The van der Waals surface area contributed by atoms with Crippen LogP contribution in [-0.4, -0.2) is 28.4 Å². The van der Waals surface area contributed by atoms with Crippen molar-refractivity contribution >= 4 is 28.4 Å². The standard InChI is InChI=1S/C9H8N2O3S/c1-4-6(12)11(3)8-7(9(13)14)5(2)10-15-8/h1H,2-3H3,(H,13,14). The molecule has 0 unspecified atom stereocenters. The van der Waals surface area contributed by atoms with Gasteiger partial charge in [0.1, 0.15) is 10.6 Å². The summed E-state index contributed by atoms with van der Waals surface area (Å²) in [4.78, 5) is 23.2. The Hall–Kier alpha value is -1.87. The maximum Gasteiger partial charge on any atom is 0.340 e. The van der Waals surface area contributed by atoms with Gasteiger partial charge in [-0.05, 0) is 24.4 Å². The summed E-state index contributed by atoms with van der Waals surface area (Å²) < 4.78 is 3.87. The molecule has 15 heavy (non-hydrogen) atoms. The van der Waals surface area contributed by atoms with Crippen LogP contribution < -0.4 is 4.90 Å². The van der Waals surface area contributed by atoms with E-state index < -0.39 is 11.9 Å². The maximum absolute atomic E-state index is 11.2. The van der Waals surface area contributed by atoms with Gasteiger partial charge in [-0.25, -0.2) is 4.79 Å². The highest BCUT2D eigenvalue weighted by atomic mass is 32.1. The molecule has 0 radical (unpaired) electrons. The number of carboxylic acid groups (broad SMARTS) is 1. The van der Waals surface area contributed by atoms with Gasteiger partial charge in [0.15, 0.2) is 0 Å². The second-order valence-electron chi connectivity index (χ2n) is 2.76. The molecule has 1 N–H and O–H groups in total. The molecule has 0 aliphatic carbocycles. The largest absolute Gasteiger partial charge is 0.478 e. The van der Waals surface area contributed by atoms with Gasteiger partial charge in [0.2, 0.25) is 0 Å². The number of aryl methyl sites for hydroxylation is 1. The van der Waals surface area contributed by atoms with Crippen molar-refractivity contribution in [3.05, 3.63) is 11.3 Å². The molecule has 0 saturated heterocycles. The molecule has 0 aromatic carbocycles. The summed E-state index contributed by atoms with van der Waals surface area (Å²) in [5.41, 5.74) is 0.394. The fourth-order valence-corrected chi connectivity index (χ4v) is 1.87. The Bertz CT molecular complexity index is 458. The predicted molar refractivity (Wildman–Crippen MR) is 56.1 cm³/mol. The Balaban J connectivity index is 3.22. The van der Waals surface area contributed by atoms with Crippen LogP contribution in [0.3, 0.4) is 0 Å². The second kappa shape index (κ2) is 4.11. The number of carboxylic acids is 1. The first-order valence-electron chi connectivity index (χ1n) is 3.93. The van der Waals surface area contributed by atoms with Crippen LogP contribution in [0.2, 0.25) is 0 Å². The van der Waals surface area contributed by atoms with Crippen molar-refractivity contribution in [1.29, 1.82) is 0 Å². The van der Waals surface area contributed by atoms with Crippen molar-refractivity contribution in [2.75, 3.05) is 11.9 Å². The molecule has 0 atom stereocenters. The first-order chi connectivity index (χ1) is 6.99. The summed E-state index contributed by atoms with van der Waals surface area (Å²) in [6, 6.07) is 0. The molecule has 0 aliphatic rings. The zero-order chi connectivity index (χ0) is 11.6. The predicted octanol–water partition coefficient (Wildman–Crippen LogP) is 0.746. The zero-order valence-corrected chi connectivity index (χ0v) is 8.96. The van der Waals surface area contributed by atoms with Gasteiger partial charge in [-0.15, -0.1) is 6.42 Å². The van der Waals surface area contributed by atoms with Gasteiger partial charge >= 0.3 is 11.9 Å². The maximum atomic E-state index is 11.2. The highest BCUT2D eigenvalue weighted by Crippen LogP contribution is 2.27. The molecule has 0 aliphatic heterocycles. The number of aromatic nitrogens is 1. The lowest BCUT2D eigenvalue weighted by Crippen LogP contribution is -2.25. The molecule has 1 heterocycles. The molecule has 0 fully saturated rings. The minimum Gasteiger partial charge on any atom is -0.478 e. The lowest BCUT2D eigenvalue weighted by atomic mass is 10.2. The van der Waals surface area contributed by atoms with E-state index in [0.717, 1.165) is 16.4 Å². The minimum atomic E-state index is -1.12. The zero-order valence-electron chi connectivity index (χ0n) is 8.14. The van der Waals surface area contributed by atoms with Gasteiger partial charge in [-0.2, -0.15) is 4.37 Å². The summed E-state index contributed by atoms with van der Waals surface area (Å²) in [5, 5.41) is 9.17. The van der Waals surface area contributed by atoms with Gasteiger partial charge in [0.05, 0.1) is 5.69 Å². The lowest BCUT2D eigenvalue weighted by Gasteiger charge is -2.11. The number of terminal acetylenes is 1. The number of hydrogen-bond acceptors (Lipinski definition) is 4. The summed E-state index contributed by atoms with van der Waals surface area (Å²) in [6.45, 7) is 1.57. The van der Waals surface area contributed by atoms with E-state index in [4.69, 9.17) is 11.5 Å². The number of carbonyl (C=O) groups excluding carboxylic acids is 1. The molecule has 0 saturated carbocycles. The summed E-state index contributed by atoms with van der Waals surface area (Å²) in [6.07, 6.45) is 4.94. The van der Waals surface area contributed by atoms with Gasteiger partial charge in [-0.1, -0.05) is 0 Å². The number of amides is 1. The van der Waals surface area contributed by atoms with Crippen LogP contribution in [0.25, 0.3) is 0 Å². The normalized spacial score (nSPS) is 9.40. The molecule has 1 rings (SSSR count). The van der Waals surface area contributed by atoms with Gasteiger partial charge in [0.25, 0.3) is 0 Å². The van der Waals surface area contributed by atoms with Crippen molar-refractivity contribution < 1.29 is 14.7 Å². The third-order valence-electron chi connectivity index (χ3n) is 1.79. The van der Waals surface area contributed by atoms with Crippen LogP contribution in [0.4, 0.5) is 5.00 Å². The highest BCUT2D eigenvalue weighted by Gasteiger charge is 2.22. The Labute approximate surface area is 90.5 Å². The average Bonchev–Trinajstić information content (AvgIpc) is 2.57. The van der Waals surface area contributed by atoms with Crippen molar-refractivity contribution in [2.45, 2.75) is 6.92 Å². The number of anilines is 1. The topological polar surface area (TPSA) is 70.5 Å². The minimum absolute atomic E-state index is 0.0195. The van der Waals surface area contributed by atoms with E-state index in [1.165, 1.54) is 7.05 Å². The highest BCUT2D eigenvalue weighted by molar-refractivity contribution is 7.11. The Morgan fingerprint density at radius 2 is 2.20 bits per heavy atom. The Morgan fingerprint density at radius 1 is 1.60 bits per heavy atom. The Morgan fingerprint density at radius 3 is 2.67 bits per heavy atom. The van der Waals surface area contributed by atoms with Gasteiger partial charge in [0, 0.05) is 7.05 Å². The van der Waals surface area contributed by atoms with E-state index in [-0.39, 0.29) is 10.6 Å². The molecule has 1 aromatic heterocycles. The van der Waals surface area contributed by atoms with Crippen LogP contribution in [0.15, 0.2) is 0 Å². The first-order valence-corrected chi connectivity index (χ1v) is 4.70. The molecule has 0 spiro atoms. The quantitative estimate of drug-likeness (QED) is 0.752. The fraction of sp³-hybridized carbons (Fsp3) is 0.222. The van der Waals surface area contributed by atoms with Crippen LogP contribution >= 0.6 is 11.5 Å². The van der Waals surface area contributed by atoms with Crippen molar-refractivity contribution in [1.82, 2.24) is 4.37 Å². The summed E-state index contributed by atoms with van der Waals surface area (Å²) in [5.74, 6) is 0.198. The van der Waals surface area contributed by atoms with Crippen LogP contribution in [0.1, 0.15) is 16.1 Å². The molecular weight excluding hydrogens is 216 g/mol. The van der Waals surface area contributed by atoms with E-state index in [1.54, 1.807) is 6.92 Å². The smallest absolute Gasteiger partial charge is 0.340 e. The van der Waals surface area contributed by atoms with Crippen LogP contribution in [0.5, 0.6) is 0 Å². The van der Waals surface area contributed by atoms with Crippen LogP contribution in [-0.2, 0) is 4.79 Å². The number of hydrogen-bond donors (Lipinski definition) is 1. The molecular formula is C9H8N2O3S. The van der Waals surface area contributed by atoms with E-state index in [9.17, 15) is 9.59 Å². The second-order valence-corrected chi connectivity index (χ2v) is 3.51. The molecule has 1 aromatic rings. The van der Waals surface area contributed by atoms with E-state index in [0.29, 0.717) is 5.69 Å². The van der Waals surface area contributed by atoms with Crippen molar-refractivity contribution in [3.63, 3.8) is 0 Å². The van der Waals surface area contributed by atoms with E-state index in [2.05, 4.69) is 4.37 Å². The fourth-order valence-electron chi connectivity index (χ4n) is 1.02. The first kappa shape index (κ1) is 11.2. The average molecular weight is 224 g/mol. The number of carbonyl (C=O) groups is 2. The van der Waals surface area contributed by atoms with E-state index >= 15 is 0 Å². The number of rotatable bonds is 2. The summed E-state index contributed by atoms with van der Waals surface area (Å²) >= 11 is 0.935. The third-order valence-corrected chi connectivity index (χ3v) is 2.81. The van der Waals surface area contributed by atoms with Gasteiger partial charge in [-0.3, -0.25) is 9.69 Å². The monoisotopic (exact) mass is 224 g/mol. The molecule has 5 nitrogen and oxygen atoms in total. The molecule has 1 amide bonds. The van der Waals surface area contributed by atoms with E-state index in [1.807, 2.05) is 5.92 Å². The Kier molecular flexibility index (Phi) is 3.07. The third kappa shape index (κ3) is 1.97. The van der Waals surface area contributed by atoms with Crippen molar-refractivity contribution in [3.8, 4) is 12.3 Å². The molecule has 78 valence electrons. The molecule has 6 heteroatoms. The number of nitrogens with zero attached hydrogens (tertiary/aromatic N) is 2. The van der Waals surface area contributed by atoms with Crippen LogP contribution in [0, 0.1) is 19.3 Å². The lowest BCUT2D eigenvalue weighted by molar-refractivity contribution is -0.113. The number of aromatic carboxylic acids is 1.